The zero-order chi connectivity index (χ0) is 15.5. The van der Waals surface area contributed by atoms with E-state index < -0.39 is 0 Å². The number of hydrogen-bond acceptors (Lipinski definition) is 2. The molecule has 1 aromatic carbocycles. The molecule has 120 valence electrons. The Morgan fingerprint density at radius 2 is 1.95 bits per heavy atom. The van der Waals surface area contributed by atoms with E-state index in [4.69, 9.17) is 11.6 Å². The molecule has 1 amide bonds. The van der Waals surface area contributed by atoms with Gasteiger partial charge < -0.3 is 4.90 Å². The molecule has 0 radical (unpaired) electrons. The average molecular weight is 325 g/mol. The van der Waals surface area contributed by atoms with Gasteiger partial charge in [0.05, 0.1) is 5.02 Å². The minimum Gasteiger partial charge on any atom is -0.340 e. The standard InChI is InChI=1S/C17H22ClFN2O/c18-15-5-3-4-13(17(15)19)12-20-10-7-14(8-11-20)21-9-2-1-6-16(21)22/h3-5,14H,1-2,6-12H2. The van der Waals surface area contributed by atoms with E-state index >= 15 is 0 Å². The van der Waals surface area contributed by atoms with E-state index in [9.17, 15) is 9.18 Å². The van der Waals surface area contributed by atoms with Gasteiger partial charge in [-0.15, -0.1) is 0 Å². The second kappa shape index (κ2) is 6.97. The van der Waals surface area contributed by atoms with Gasteiger partial charge in [-0.2, -0.15) is 0 Å². The van der Waals surface area contributed by atoms with Crippen molar-refractivity contribution in [3.05, 3.63) is 34.6 Å². The van der Waals surface area contributed by atoms with Crippen LogP contribution in [0.3, 0.4) is 0 Å². The fraction of sp³-hybridized carbons (Fsp3) is 0.588. The number of rotatable bonds is 3. The highest BCUT2D eigenvalue weighted by Crippen LogP contribution is 2.24. The molecule has 1 aromatic rings. The van der Waals surface area contributed by atoms with Crippen molar-refractivity contribution in [3.8, 4) is 0 Å². The molecular formula is C17H22ClFN2O. The van der Waals surface area contributed by atoms with E-state index in [-0.39, 0.29) is 10.8 Å². The molecule has 0 bridgehead atoms. The van der Waals surface area contributed by atoms with E-state index in [2.05, 4.69) is 9.80 Å². The van der Waals surface area contributed by atoms with Gasteiger partial charge in [-0.3, -0.25) is 9.69 Å². The van der Waals surface area contributed by atoms with Crippen molar-refractivity contribution in [2.75, 3.05) is 19.6 Å². The highest BCUT2D eigenvalue weighted by molar-refractivity contribution is 6.30. The minimum absolute atomic E-state index is 0.186. The number of likely N-dealkylation sites (tertiary alicyclic amines) is 2. The van der Waals surface area contributed by atoms with Gasteiger partial charge in [-0.1, -0.05) is 23.7 Å². The Balaban J connectivity index is 1.55. The van der Waals surface area contributed by atoms with Gasteiger partial charge in [0, 0.05) is 44.2 Å². The normalized spacial score (nSPS) is 21.4. The van der Waals surface area contributed by atoms with Crippen LogP contribution in [0, 0.1) is 5.82 Å². The van der Waals surface area contributed by atoms with Crippen LogP contribution < -0.4 is 0 Å². The van der Waals surface area contributed by atoms with Crippen LogP contribution in [0.2, 0.25) is 5.02 Å². The largest absolute Gasteiger partial charge is 0.340 e. The molecule has 2 aliphatic heterocycles. The number of carbonyl (C=O) groups is 1. The van der Waals surface area contributed by atoms with E-state index in [1.54, 1.807) is 18.2 Å². The van der Waals surface area contributed by atoms with Crippen LogP contribution in [0.5, 0.6) is 0 Å². The lowest BCUT2D eigenvalue weighted by Crippen LogP contribution is -2.48. The molecule has 0 aliphatic carbocycles. The number of amides is 1. The SMILES string of the molecule is O=C1CCCCN1C1CCN(Cc2cccc(Cl)c2F)CC1. The Morgan fingerprint density at radius 3 is 2.68 bits per heavy atom. The fourth-order valence-electron chi connectivity index (χ4n) is 3.51. The third-order valence-corrected chi connectivity index (χ3v) is 5.08. The molecule has 0 N–H and O–H groups in total. The van der Waals surface area contributed by atoms with Crippen molar-refractivity contribution in [3.63, 3.8) is 0 Å². The van der Waals surface area contributed by atoms with Crippen molar-refractivity contribution in [1.29, 1.82) is 0 Å². The predicted molar refractivity (Wildman–Crippen MR) is 85.3 cm³/mol. The van der Waals surface area contributed by atoms with Gasteiger partial charge in [-0.05, 0) is 31.7 Å². The summed E-state index contributed by atoms with van der Waals surface area (Å²) in [7, 11) is 0. The van der Waals surface area contributed by atoms with Crippen LogP contribution in [0.25, 0.3) is 0 Å². The van der Waals surface area contributed by atoms with Crippen molar-refractivity contribution in [2.24, 2.45) is 0 Å². The van der Waals surface area contributed by atoms with Crippen LogP contribution in [0.4, 0.5) is 4.39 Å². The third kappa shape index (κ3) is 3.44. The molecule has 0 atom stereocenters. The zero-order valence-corrected chi connectivity index (χ0v) is 13.5. The fourth-order valence-corrected chi connectivity index (χ4v) is 3.71. The molecule has 22 heavy (non-hydrogen) atoms. The first-order chi connectivity index (χ1) is 10.6. The summed E-state index contributed by atoms with van der Waals surface area (Å²) in [5, 5.41) is 0.186. The second-order valence-electron chi connectivity index (χ2n) is 6.26. The summed E-state index contributed by atoms with van der Waals surface area (Å²) in [5.74, 6) is 0.00286. The lowest BCUT2D eigenvalue weighted by Gasteiger charge is -2.40. The van der Waals surface area contributed by atoms with Crippen LogP contribution >= 0.6 is 11.6 Å². The molecule has 0 saturated carbocycles. The van der Waals surface area contributed by atoms with E-state index in [1.165, 1.54) is 0 Å². The lowest BCUT2D eigenvalue weighted by atomic mass is 9.99. The van der Waals surface area contributed by atoms with Crippen LogP contribution in [-0.2, 0) is 11.3 Å². The molecule has 2 heterocycles. The molecular weight excluding hydrogens is 303 g/mol. The summed E-state index contributed by atoms with van der Waals surface area (Å²) in [6.45, 7) is 3.31. The predicted octanol–water partition coefficient (Wildman–Crippen LogP) is 3.46. The smallest absolute Gasteiger partial charge is 0.222 e. The summed E-state index contributed by atoms with van der Waals surface area (Å²) < 4.78 is 14.0. The summed E-state index contributed by atoms with van der Waals surface area (Å²) >= 11 is 5.83. The first kappa shape index (κ1) is 15.8. The van der Waals surface area contributed by atoms with Crippen molar-refractivity contribution >= 4 is 17.5 Å². The summed E-state index contributed by atoms with van der Waals surface area (Å²) in [6.07, 6.45) is 4.82. The minimum atomic E-state index is -0.308. The molecule has 3 rings (SSSR count). The van der Waals surface area contributed by atoms with E-state index in [0.29, 0.717) is 30.5 Å². The molecule has 0 spiro atoms. The van der Waals surface area contributed by atoms with E-state index in [1.807, 2.05) is 0 Å². The maximum absolute atomic E-state index is 14.0. The van der Waals surface area contributed by atoms with Gasteiger partial charge in [0.15, 0.2) is 0 Å². The molecule has 0 aromatic heterocycles. The summed E-state index contributed by atoms with van der Waals surface area (Å²) in [4.78, 5) is 16.3. The van der Waals surface area contributed by atoms with Crippen molar-refractivity contribution < 1.29 is 9.18 Å². The second-order valence-corrected chi connectivity index (χ2v) is 6.67. The first-order valence-electron chi connectivity index (χ1n) is 8.10. The molecule has 0 unspecified atom stereocenters. The number of halogens is 2. The molecule has 3 nitrogen and oxygen atoms in total. The van der Waals surface area contributed by atoms with Gasteiger partial charge in [0.1, 0.15) is 5.82 Å². The maximum atomic E-state index is 14.0. The maximum Gasteiger partial charge on any atom is 0.222 e. The van der Waals surface area contributed by atoms with Crippen LogP contribution in [-0.4, -0.2) is 41.4 Å². The van der Waals surface area contributed by atoms with Crippen molar-refractivity contribution in [2.45, 2.75) is 44.7 Å². The molecule has 2 aliphatic rings. The van der Waals surface area contributed by atoms with Gasteiger partial charge >= 0.3 is 0 Å². The third-order valence-electron chi connectivity index (χ3n) is 4.78. The topological polar surface area (TPSA) is 23.6 Å². The van der Waals surface area contributed by atoms with Gasteiger partial charge in [-0.25, -0.2) is 4.39 Å². The van der Waals surface area contributed by atoms with Crippen molar-refractivity contribution in [1.82, 2.24) is 9.80 Å². The Bertz CT molecular complexity index is 543. The quantitative estimate of drug-likeness (QED) is 0.850. The average Bonchev–Trinajstić information content (AvgIpc) is 2.53. The number of benzene rings is 1. The van der Waals surface area contributed by atoms with Crippen LogP contribution in [0.15, 0.2) is 18.2 Å². The zero-order valence-electron chi connectivity index (χ0n) is 12.7. The number of carbonyl (C=O) groups excluding carboxylic acids is 1. The lowest BCUT2D eigenvalue weighted by molar-refractivity contribution is -0.136. The summed E-state index contributed by atoms with van der Waals surface area (Å²) in [5.41, 5.74) is 0.653. The van der Waals surface area contributed by atoms with E-state index in [0.717, 1.165) is 45.3 Å². The highest BCUT2D eigenvalue weighted by Gasteiger charge is 2.29. The number of hydrogen-bond donors (Lipinski definition) is 0. The van der Waals surface area contributed by atoms with Gasteiger partial charge in [0.2, 0.25) is 5.91 Å². The monoisotopic (exact) mass is 324 g/mol. The first-order valence-corrected chi connectivity index (χ1v) is 8.47. The number of piperidine rings is 2. The molecule has 2 saturated heterocycles. The van der Waals surface area contributed by atoms with Crippen LogP contribution in [0.1, 0.15) is 37.7 Å². The highest BCUT2D eigenvalue weighted by atomic mass is 35.5. The molecule has 5 heteroatoms. The Morgan fingerprint density at radius 1 is 1.18 bits per heavy atom. The molecule has 2 fully saturated rings. The van der Waals surface area contributed by atoms with Gasteiger partial charge in [0.25, 0.3) is 0 Å². The Hall–Kier alpha value is -1.13. The number of nitrogens with zero attached hydrogens (tertiary/aromatic N) is 2. The summed E-state index contributed by atoms with van der Waals surface area (Å²) in [6, 6.07) is 5.53. The Labute approximate surface area is 136 Å². The Kier molecular flexibility index (Phi) is 4.99.